The number of rotatable bonds is 4. The highest BCUT2D eigenvalue weighted by Crippen LogP contribution is 2.34. The van der Waals surface area contributed by atoms with Gasteiger partial charge in [0.05, 0.1) is 12.9 Å². The number of hydrogen-bond acceptors (Lipinski definition) is 7. The van der Waals surface area contributed by atoms with Gasteiger partial charge in [-0.05, 0) is 0 Å². The molecule has 2 saturated heterocycles. The Morgan fingerprint density at radius 2 is 1.88 bits per heavy atom. The third-order valence-corrected chi connectivity index (χ3v) is 3.43. The second-order valence-corrected chi connectivity index (χ2v) is 5.64. The van der Waals surface area contributed by atoms with Crippen LogP contribution in [0.4, 0.5) is 0 Å². The van der Waals surface area contributed by atoms with Crippen LogP contribution in [0.2, 0.25) is 0 Å². The molecular formula is C9H16O7S. The summed E-state index contributed by atoms with van der Waals surface area (Å²) in [6.45, 7) is 0.165. The third kappa shape index (κ3) is 2.61. The van der Waals surface area contributed by atoms with Crippen LogP contribution in [0.15, 0.2) is 0 Å². The van der Waals surface area contributed by atoms with Crippen molar-refractivity contribution < 1.29 is 31.5 Å². The summed E-state index contributed by atoms with van der Waals surface area (Å²) >= 11 is 0. The zero-order valence-electron chi connectivity index (χ0n) is 9.86. The van der Waals surface area contributed by atoms with Crippen LogP contribution in [0, 0.1) is 0 Å². The highest BCUT2D eigenvalue weighted by molar-refractivity contribution is 7.86. The highest BCUT2D eigenvalue weighted by Gasteiger charge is 2.54. The van der Waals surface area contributed by atoms with Gasteiger partial charge in [0.1, 0.15) is 24.4 Å². The molecule has 2 aliphatic rings. The van der Waals surface area contributed by atoms with Gasteiger partial charge in [-0.15, -0.1) is 0 Å². The predicted molar refractivity (Wildman–Crippen MR) is 55.9 cm³/mol. The Bertz CT molecular complexity index is 368. The molecule has 0 unspecified atom stereocenters. The van der Waals surface area contributed by atoms with E-state index in [0.717, 1.165) is 6.26 Å². The molecule has 0 aliphatic carbocycles. The average Bonchev–Trinajstić information content (AvgIpc) is 2.75. The first-order chi connectivity index (χ1) is 7.96. The van der Waals surface area contributed by atoms with Gasteiger partial charge in [-0.3, -0.25) is 4.18 Å². The molecule has 7 nitrogen and oxygen atoms in total. The van der Waals surface area contributed by atoms with E-state index in [2.05, 4.69) is 0 Å². The monoisotopic (exact) mass is 268 g/mol. The van der Waals surface area contributed by atoms with E-state index >= 15 is 0 Å². The van der Waals surface area contributed by atoms with E-state index in [0.29, 0.717) is 0 Å². The van der Waals surface area contributed by atoms with Crippen molar-refractivity contribution >= 4 is 10.1 Å². The number of hydrogen-bond donors (Lipinski definition) is 0. The maximum atomic E-state index is 11.1. The van der Waals surface area contributed by atoms with Gasteiger partial charge in [0, 0.05) is 14.2 Å². The minimum atomic E-state index is -3.54. The first kappa shape index (κ1) is 13.2. The van der Waals surface area contributed by atoms with Gasteiger partial charge in [-0.25, -0.2) is 0 Å². The minimum Gasteiger partial charge on any atom is -0.373 e. The first-order valence-electron chi connectivity index (χ1n) is 5.17. The molecule has 0 N–H and O–H groups in total. The highest BCUT2D eigenvalue weighted by atomic mass is 32.2. The van der Waals surface area contributed by atoms with Crippen LogP contribution in [-0.2, 0) is 33.2 Å². The van der Waals surface area contributed by atoms with Gasteiger partial charge in [-0.1, -0.05) is 0 Å². The fraction of sp³-hybridized carbons (Fsp3) is 1.00. The molecule has 100 valence electrons. The summed E-state index contributed by atoms with van der Waals surface area (Å²) in [5.41, 5.74) is 0. The Morgan fingerprint density at radius 1 is 1.18 bits per heavy atom. The van der Waals surface area contributed by atoms with Crippen LogP contribution in [-0.4, -0.2) is 66.2 Å². The number of fused-ring (bicyclic) bond motifs is 1. The molecule has 0 aromatic rings. The van der Waals surface area contributed by atoms with Crippen LogP contribution < -0.4 is 0 Å². The standard InChI is InChI=1S/C9H16O7S/c1-12-8-7-6(15-9(8)13-2)5(4-14-7)16-17(3,10)11/h5-9H,4H2,1-3H3/t5-,6-,7+,8-,9+/m0/s1. The van der Waals surface area contributed by atoms with Crippen molar-refractivity contribution in [2.45, 2.75) is 30.7 Å². The zero-order chi connectivity index (χ0) is 12.6. The average molecular weight is 268 g/mol. The summed E-state index contributed by atoms with van der Waals surface area (Å²) < 4.78 is 48.4. The molecule has 0 spiro atoms. The van der Waals surface area contributed by atoms with E-state index in [1.807, 2.05) is 0 Å². The van der Waals surface area contributed by atoms with Crippen molar-refractivity contribution in [2.24, 2.45) is 0 Å². The summed E-state index contributed by atoms with van der Waals surface area (Å²) in [6.07, 6.45) is -1.44. The predicted octanol–water partition coefficient (Wildman–Crippen LogP) is -0.884. The Labute approximate surface area is 100 Å². The second-order valence-electron chi connectivity index (χ2n) is 4.04. The molecule has 2 heterocycles. The molecule has 2 fully saturated rings. The zero-order valence-corrected chi connectivity index (χ0v) is 10.7. The van der Waals surface area contributed by atoms with E-state index in [1.165, 1.54) is 14.2 Å². The lowest BCUT2D eigenvalue weighted by atomic mass is 10.1. The van der Waals surface area contributed by atoms with Crippen molar-refractivity contribution in [3.05, 3.63) is 0 Å². The van der Waals surface area contributed by atoms with Crippen molar-refractivity contribution in [1.82, 2.24) is 0 Å². The Hall–Kier alpha value is -0.250. The van der Waals surface area contributed by atoms with Gasteiger partial charge in [0.2, 0.25) is 0 Å². The summed E-state index contributed by atoms with van der Waals surface area (Å²) in [4.78, 5) is 0. The summed E-state index contributed by atoms with van der Waals surface area (Å²) in [5.74, 6) is 0. The lowest BCUT2D eigenvalue weighted by molar-refractivity contribution is -0.171. The fourth-order valence-corrected chi connectivity index (χ4v) is 2.80. The maximum absolute atomic E-state index is 11.1. The van der Waals surface area contributed by atoms with Gasteiger partial charge in [0.15, 0.2) is 6.29 Å². The Kier molecular flexibility index (Phi) is 3.71. The molecule has 0 bridgehead atoms. The molecule has 0 saturated carbocycles. The molecule has 2 rings (SSSR count). The molecule has 2 aliphatic heterocycles. The largest absolute Gasteiger partial charge is 0.373 e. The van der Waals surface area contributed by atoms with Crippen molar-refractivity contribution in [3.63, 3.8) is 0 Å². The van der Waals surface area contributed by atoms with Crippen LogP contribution in [0.5, 0.6) is 0 Å². The lowest BCUT2D eigenvalue weighted by Gasteiger charge is -2.19. The molecule has 0 radical (unpaired) electrons. The molecule has 0 amide bonds. The van der Waals surface area contributed by atoms with Crippen molar-refractivity contribution in [1.29, 1.82) is 0 Å². The van der Waals surface area contributed by atoms with Crippen LogP contribution in [0.25, 0.3) is 0 Å². The normalized spacial score (nSPS) is 41.7. The molecular weight excluding hydrogens is 252 g/mol. The Balaban J connectivity index is 2.08. The Morgan fingerprint density at radius 3 is 2.41 bits per heavy atom. The summed E-state index contributed by atoms with van der Waals surface area (Å²) in [6, 6.07) is 0. The van der Waals surface area contributed by atoms with Crippen LogP contribution in [0.1, 0.15) is 0 Å². The van der Waals surface area contributed by atoms with E-state index in [1.54, 1.807) is 0 Å². The van der Waals surface area contributed by atoms with E-state index < -0.39 is 28.6 Å². The summed E-state index contributed by atoms with van der Waals surface area (Å²) in [5, 5.41) is 0. The lowest BCUT2D eigenvalue weighted by Crippen LogP contribution is -2.35. The fourth-order valence-electron chi connectivity index (χ4n) is 2.18. The van der Waals surface area contributed by atoms with Gasteiger partial charge < -0.3 is 18.9 Å². The third-order valence-electron chi connectivity index (χ3n) is 2.83. The van der Waals surface area contributed by atoms with Crippen LogP contribution >= 0.6 is 0 Å². The van der Waals surface area contributed by atoms with E-state index in [-0.39, 0.29) is 18.8 Å². The molecule has 0 aromatic heterocycles. The first-order valence-corrected chi connectivity index (χ1v) is 6.99. The molecule has 5 atom stereocenters. The SMILES string of the molecule is CO[C@@H]1O[C@@H]2[C@@H](OC[C@@H]2OS(C)(=O)=O)[C@@H]1OC. The maximum Gasteiger partial charge on any atom is 0.264 e. The van der Waals surface area contributed by atoms with Gasteiger partial charge >= 0.3 is 0 Å². The minimum absolute atomic E-state index is 0.165. The van der Waals surface area contributed by atoms with Crippen LogP contribution in [0.3, 0.4) is 0 Å². The molecule has 17 heavy (non-hydrogen) atoms. The van der Waals surface area contributed by atoms with Crippen molar-refractivity contribution in [2.75, 3.05) is 27.1 Å². The smallest absolute Gasteiger partial charge is 0.264 e. The molecule has 8 heteroatoms. The number of ether oxygens (including phenoxy) is 4. The van der Waals surface area contributed by atoms with E-state index in [4.69, 9.17) is 23.1 Å². The number of methoxy groups -OCH3 is 2. The van der Waals surface area contributed by atoms with Crippen molar-refractivity contribution in [3.8, 4) is 0 Å². The molecule has 0 aromatic carbocycles. The van der Waals surface area contributed by atoms with Gasteiger partial charge in [-0.2, -0.15) is 8.42 Å². The van der Waals surface area contributed by atoms with Gasteiger partial charge in [0.25, 0.3) is 10.1 Å². The second kappa shape index (κ2) is 4.79. The summed E-state index contributed by atoms with van der Waals surface area (Å²) in [7, 11) is -0.522. The van der Waals surface area contributed by atoms with E-state index in [9.17, 15) is 8.42 Å². The quantitative estimate of drug-likeness (QED) is 0.612. The topological polar surface area (TPSA) is 80.3 Å².